The van der Waals surface area contributed by atoms with Crippen LogP contribution < -0.4 is 34.7 Å². The molecule has 0 fully saturated rings. The SMILES string of the molecule is CCCCCC(=O)SCCCCCCCCC(=O)[O-].[Na+]. The Balaban J connectivity index is 0. The fourth-order valence-corrected chi connectivity index (χ4v) is 2.72. The molecule has 0 spiro atoms. The predicted molar refractivity (Wildman–Crippen MR) is 78.9 cm³/mol. The van der Waals surface area contributed by atoms with Crippen LogP contribution >= 0.6 is 11.8 Å². The summed E-state index contributed by atoms with van der Waals surface area (Å²) in [7, 11) is 0. The summed E-state index contributed by atoms with van der Waals surface area (Å²) in [6.07, 6.45) is 10.4. The van der Waals surface area contributed by atoms with E-state index in [4.69, 9.17) is 0 Å². The third kappa shape index (κ3) is 18.5. The van der Waals surface area contributed by atoms with Gasteiger partial charge in [-0.05, 0) is 25.7 Å². The quantitative estimate of drug-likeness (QED) is 0.363. The van der Waals surface area contributed by atoms with Crippen molar-refractivity contribution in [3.05, 3.63) is 0 Å². The molecule has 5 heteroatoms. The molecule has 0 N–H and O–H groups in total. The summed E-state index contributed by atoms with van der Waals surface area (Å²) in [4.78, 5) is 21.6. The Morgan fingerprint density at radius 2 is 1.40 bits per heavy atom. The van der Waals surface area contributed by atoms with Gasteiger partial charge in [0, 0.05) is 18.1 Å². The Hall–Kier alpha value is 0.490. The molecule has 112 valence electrons. The van der Waals surface area contributed by atoms with Crippen LogP contribution in [0.25, 0.3) is 0 Å². The summed E-state index contributed by atoms with van der Waals surface area (Å²) in [5.74, 6) is -0.0118. The molecule has 0 atom stereocenters. The average Bonchev–Trinajstić information content (AvgIpc) is 2.36. The number of hydrogen-bond donors (Lipinski definition) is 0. The van der Waals surface area contributed by atoms with Crippen molar-refractivity contribution in [2.24, 2.45) is 0 Å². The number of rotatable bonds is 13. The van der Waals surface area contributed by atoms with Crippen LogP contribution in [0.3, 0.4) is 0 Å². The summed E-state index contributed by atoms with van der Waals surface area (Å²) < 4.78 is 0. The zero-order valence-electron chi connectivity index (χ0n) is 13.1. The van der Waals surface area contributed by atoms with Crippen LogP contribution in [0.1, 0.15) is 77.6 Å². The maximum Gasteiger partial charge on any atom is 1.00 e. The molecular weight excluding hydrogens is 283 g/mol. The Bertz CT molecular complexity index is 247. The Labute approximate surface area is 150 Å². The van der Waals surface area contributed by atoms with Gasteiger partial charge >= 0.3 is 29.6 Å². The number of carboxylic acid groups (broad SMARTS) is 1. The topological polar surface area (TPSA) is 57.2 Å². The van der Waals surface area contributed by atoms with Crippen molar-refractivity contribution in [1.29, 1.82) is 0 Å². The number of carbonyl (C=O) groups is 2. The molecule has 0 aliphatic heterocycles. The van der Waals surface area contributed by atoms with Crippen molar-refractivity contribution in [2.45, 2.75) is 77.6 Å². The Morgan fingerprint density at radius 1 is 0.850 bits per heavy atom. The first kappa shape index (κ1) is 22.8. The van der Waals surface area contributed by atoms with Crippen LogP contribution in [0.15, 0.2) is 0 Å². The van der Waals surface area contributed by atoms with E-state index in [0.29, 0.717) is 5.12 Å². The fraction of sp³-hybridized carbons (Fsp3) is 0.867. The molecule has 0 aliphatic carbocycles. The first-order valence-electron chi connectivity index (χ1n) is 7.52. The van der Waals surface area contributed by atoms with Crippen LogP contribution in [0, 0.1) is 0 Å². The number of thioether (sulfide) groups is 1. The van der Waals surface area contributed by atoms with Crippen molar-refractivity contribution in [3.8, 4) is 0 Å². The maximum atomic E-state index is 11.5. The van der Waals surface area contributed by atoms with E-state index in [0.717, 1.165) is 70.0 Å². The van der Waals surface area contributed by atoms with Crippen molar-refractivity contribution < 1.29 is 44.3 Å². The first-order valence-corrected chi connectivity index (χ1v) is 8.50. The molecule has 20 heavy (non-hydrogen) atoms. The second kappa shape index (κ2) is 17.5. The predicted octanol–water partition coefficient (Wildman–Crippen LogP) is 0.311. The van der Waals surface area contributed by atoms with Crippen LogP contribution in [0.2, 0.25) is 0 Å². The van der Waals surface area contributed by atoms with Gasteiger partial charge in [-0.3, -0.25) is 4.79 Å². The molecule has 0 heterocycles. The minimum atomic E-state index is -0.946. The maximum absolute atomic E-state index is 11.5. The van der Waals surface area contributed by atoms with E-state index >= 15 is 0 Å². The average molecular weight is 310 g/mol. The van der Waals surface area contributed by atoms with Gasteiger partial charge in [0.25, 0.3) is 0 Å². The molecule has 0 aromatic heterocycles. The van der Waals surface area contributed by atoms with Gasteiger partial charge < -0.3 is 9.90 Å². The van der Waals surface area contributed by atoms with Crippen LogP contribution in [-0.4, -0.2) is 16.8 Å². The molecule has 0 aliphatic rings. The van der Waals surface area contributed by atoms with Crippen molar-refractivity contribution >= 4 is 22.8 Å². The third-order valence-corrected chi connectivity index (χ3v) is 4.04. The molecule has 0 radical (unpaired) electrons. The van der Waals surface area contributed by atoms with Crippen molar-refractivity contribution in [3.63, 3.8) is 0 Å². The van der Waals surface area contributed by atoms with Gasteiger partial charge in [-0.15, -0.1) is 0 Å². The number of unbranched alkanes of at least 4 members (excludes halogenated alkanes) is 7. The molecule has 0 saturated heterocycles. The second-order valence-electron chi connectivity index (χ2n) is 4.92. The second-order valence-corrected chi connectivity index (χ2v) is 6.07. The number of hydrogen-bond acceptors (Lipinski definition) is 4. The molecule has 3 nitrogen and oxygen atoms in total. The zero-order chi connectivity index (χ0) is 14.3. The summed E-state index contributed by atoms with van der Waals surface area (Å²) >= 11 is 1.47. The van der Waals surface area contributed by atoms with Crippen molar-refractivity contribution in [1.82, 2.24) is 0 Å². The monoisotopic (exact) mass is 310 g/mol. The smallest absolute Gasteiger partial charge is 0.550 e. The van der Waals surface area contributed by atoms with Gasteiger partial charge in [0.05, 0.1) is 0 Å². The van der Waals surface area contributed by atoms with Gasteiger partial charge in [0.2, 0.25) is 0 Å². The van der Waals surface area contributed by atoms with Gasteiger partial charge in [-0.2, -0.15) is 0 Å². The Kier molecular flexibility index (Phi) is 20.0. The summed E-state index contributed by atoms with van der Waals surface area (Å²) in [6, 6.07) is 0. The standard InChI is InChI=1S/C15H28O3S.Na/c1-2-3-8-12-15(18)19-13-10-7-5-4-6-9-11-14(16)17;/h2-13H2,1H3,(H,16,17);/q;+1/p-1. The normalized spacial score (nSPS) is 10.1. The Morgan fingerprint density at radius 3 is 2.00 bits per heavy atom. The first-order chi connectivity index (χ1) is 9.16. The molecule has 0 amide bonds. The molecule has 0 saturated carbocycles. The summed E-state index contributed by atoms with van der Waals surface area (Å²) in [6.45, 7) is 2.14. The molecule has 0 rings (SSSR count). The van der Waals surface area contributed by atoms with E-state index < -0.39 is 5.97 Å². The van der Waals surface area contributed by atoms with E-state index in [2.05, 4.69) is 6.92 Å². The van der Waals surface area contributed by atoms with Gasteiger partial charge in [-0.1, -0.05) is 57.2 Å². The van der Waals surface area contributed by atoms with Gasteiger partial charge in [-0.25, -0.2) is 0 Å². The number of carboxylic acids is 1. The van der Waals surface area contributed by atoms with Crippen molar-refractivity contribution in [2.75, 3.05) is 5.75 Å². The number of aliphatic carboxylic acids is 1. The minimum Gasteiger partial charge on any atom is -0.550 e. The largest absolute Gasteiger partial charge is 1.00 e. The molecule has 0 aromatic rings. The zero-order valence-corrected chi connectivity index (χ0v) is 15.9. The molecule has 0 unspecified atom stereocenters. The van der Waals surface area contributed by atoms with Gasteiger partial charge in [0.15, 0.2) is 5.12 Å². The van der Waals surface area contributed by atoms with E-state index in [9.17, 15) is 14.7 Å². The summed E-state index contributed by atoms with van der Waals surface area (Å²) in [5, 5.41) is 10.5. The fourth-order valence-electron chi connectivity index (χ4n) is 1.86. The van der Waals surface area contributed by atoms with Crippen LogP contribution in [-0.2, 0) is 9.59 Å². The molecule has 0 bridgehead atoms. The number of carbonyl (C=O) groups excluding carboxylic acids is 2. The van der Waals surface area contributed by atoms with Crippen LogP contribution in [0.4, 0.5) is 0 Å². The van der Waals surface area contributed by atoms with E-state index in [1.165, 1.54) is 11.8 Å². The summed E-state index contributed by atoms with van der Waals surface area (Å²) in [5.41, 5.74) is 0. The van der Waals surface area contributed by atoms with E-state index in [1.54, 1.807) is 0 Å². The third-order valence-electron chi connectivity index (χ3n) is 3.02. The van der Waals surface area contributed by atoms with Gasteiger partial charge in [0.1, 0.15) is 0 Å². The van der Waals surface area contributed by atoms with E-state index in [1.807, 2.05) is 0 Å². The molecular formula is C15H27NaO3S. The minimum absolute atomic E-state index is 0. The van der Waals surface area contributed by atoms with Crippen LogP contribution in [0.5, 0.6) is 0 Å². The van der Waals surface area contributed by atoms with E-state index in [-0.39, 0.29) is 36.0 Å². The molecule has 0 aromatic carbocycles.